The molecule has 0 aromatic heterocycles. The maximum Gasteiger partial charge on any atom is 0.253 e. The summed E-state index contributed by atoms with van der Waals surface area (Å²) in [7, 11) is 1.56. The second kappa shape index (κ2) is 9.42. The molecule has 2 saturated heterocycles. The normalized spacial score (nSPS) is 18.6. The van der Waals surface area contributed by atoms with Crippen LogP contribution in [0.2, 0.25) is 0 Å². The number of benzene rings is 2. The van der Waals surface area contributed by atoms with E-state index in [0.29, 0.717) is 43.1 Å². The minimum absolute atomic E-state index is 0.0381. The zero-order chi connectivity index (χ0) is 22.7. The second-order valence-corrected chi connectivity index (χ2v) is 8.48. The second-order valence-electron chi connectivity index (χ2n) is 8.48. The summed E-state index contributed by atoms with van der Waals surface area (Å²) in [5.74, 6) is 0.213. The van der Waals surface area contributed by atoms with Crippen LogP contribution in [0.4, 0.5) is 11.4 Å². The highest BCUT2D eigenvalue weighted by atomic mass is 16.5. The van der Waals surface area contributed by atoms with Crippen LogP contribution in [0.15, 0.2) is 42.5 Å². The van der Waals surface area contributed by atoms with Crippen LogP contribution in [0.25, 0.3) is 0 Å². The first kappa shape index (κ1) is 21.9. The Morgan fingerprint density at radius 2 is 1.84 bits per heavy atom. The average molecular weight is 436 g/mol. The zero-order valence-electron chi connectivity index (χ0n) is 18.6. The summed E-state index contributed by atoms with van der Waals surface area (Å²) in [6.07, 6.45) is 2.90. The number of carbonyl (C=O) groups excluding carboxylic acids is 3. The number of anilines is 2. The topological polar surface area (TPSA) is 79.0 Å². The fraction of sp³-hybridized carbons (Fsp3) is 0.400. The maximum absolute atomic E-state index is 13.0. The van der Waals surface area contributed by atoms with E-state index in [2.05, 4.69) is 5.32 Å². The van der Waals surface area contributed by atoms with E-state index in [1.165, 1.54) is 0 Å². The lowest BCUT2D eigenvalue weighted by Crippen LogP contribution is -2.43. The Morgan fingerprint density at radius 1 is 1.06 bits per heavy atom. The van der Waals surface area contributed by atoms with Crippen LogP contribution in [0.3, 0.4) is 0 Å². The standard InChI is InChI=1S/C25H29N3O4/c1-17-7-9-18(10-8-17)25(31)27-13-3-5-19(16-27)24(30)26-20-11-12-21(22(15-20)32-2)28-14-4-6-23(28)29/h7-12,15,19H,3-6,13-14,16H2,1-2H3,(H,26,30). The van der Waals surface area contributed by atoms with Gasteiger partial charge in [0.2, 0.25) is 11.8 Å². The predicted octanol–water partition coefficient (Wildman–Crippen LogP) is 3.62. The molecule has 32 heavy (non-hydrogen) atoms. The van der Waals surface area contributed by atoms with Crippen molar-refractivity contribution in [2.45, 2.75) is 32.6 Å². The molecule has 2 fully saturated rings. The van der Waals surface area contributed by atoms with Crippen molar-refractivity contribution < 1.29 is 19.1 Å². The Labute approximate surface area is 188 Å². The first-order valence-electron chi connectivity index (χ1n) is 11.1. The lowest BCUT2D eigenvalue weighted by atomic mass is 9.96. The third kappa shape index (κ3) is 4.61. The summed E-state index contributed by atoms with van der Waals surface area (Å²) in [6.45, 7) is 3.72. The van der Waals surface area contributed by atoms with Crippen LogP contribution in [-0.4, -0.2) is 49.4 Å². The molecule has 1 unspecified atom stereocenters. The van der Waals surface area contributed by atoms with Crippen molar-refractivity contribution in [2.24, 2.45) is 5.92 Å². The Bertz CT molecular complexity index is 1020. The molecule has 2 aromatic rings. The van der Waals surface area contributed by atoms with Gasteiger partial charge in [0.15, 0.2) is 0 Å². The highest BCUT2D eigenvalue weighted by Crippen LogP contribution is 2.34. The molecule has 0 bridgehead atoms. The number of hydrogen-bond acceptors (Lipinski definition) is 4. The minimum Gasteiger partial charge on any atom is -0.494 e. The summed E-state index contributed by atoms with van der Waals surface area (Å²) in [5, 5.41) is 2.96. The SMILES string of the molecule is COc1cc(NC(=O)C2CCCN(C(=O)c3ccc(C)cc3)C2)ccc1N1CCCC1=O. The van der Waals surface area contributed by atoms with Crippen LogP contribution in [0.5, 0.6) is 5.75 Å². The van der Waals surface area contributed by atoms with Gasteiger partial charge in [0.05, 0.1) is 18.7 Å². The number of carbonyl (C=O) groups is 3. The van der Waals surface area contributed by atoms with Gasteiger partial charge in [-0.25, -0.2) is 0 Å². The lowest BCUT2D eigenvalue weighted by Gasteiger charge is -2.32. The molecule has 2 aromatic carbocycles. The summed E-state index contributed by atoms with van der Waals surface area (Å²) in [6, 6.07) is 12.9. The van der Waals surface area contributed by atoms with Crippen molar-refractivity contribution >= 4 is 29.1 Å². The molecule has 2 aliphatic rings. The molecule has 4 rings (SSSR count). The molecule has 7 nitrogen and oxygen atoms in total. The number of ether oxygens (including phenoxy) is 1. The number of hydrogen-bond donors (Lipinski definition) is 1. The van der Waals surface area contributed by atoms with Crippen molar-refractivity contribution in [2.75, 3.05) is 37.0 Å². The average Bonchev–Trinajstić information content (AvgIpc) is 3.24. The number of likely N-dealkylation sites (tertiary alicyclic amines) is 1. The molecular formula is C25H29N3O4. The Kier molecular flexibility index (Phi) is 6.44. The van der Waals surface area contributed by atoms with E-state index in [1.54, 1.807) is 29.0 Å². The molecule has 7 heteroatoms. The monoisotopic (exact) mass is 435 g/mol. The zero-order valence-corrected chi connectivity index (χ0v) is 18.6. The third-order valence-corrected chi connectivity index (χ3v) is 6.19. The number of aryl methyl sites for hydroxylation is 1. The molecule has 2 aliphatic heterocycles. The van der Waals surface area contributed by atoms with E-state index in [1.807, 2.05) is 37.3 Å². The van der Waals surface area contributed by atoms with Gasteiger partial charge in [-0.1, -0.05) is 17.7 Å². The minimum atomic E-state index is -0.274. The van der Waals surface area contributed by atoms with Crippen molar-refractivity contribution in [3.63, 3.8) is 0 Å². The largest absolute Gasteiger partial charge is 0.494 e. The van der Waals surface area contributed by atoms with E-state index < -0.39 is 0 Å². The van der Waals surface area contributed by atoms with Gasteiger partial charge in [0.25, 0.3) is 5.91 Å². The first-order chi connectivity index (χ1) is 15.5. The Balaban J connectivity index is 1.42. The van der Waals surface area contributed by atoms with Gasteiger partial charge in [-0.05, 0) is 50.5 Å². The molecule has 0 radical (unpaired) electrons. The molecule has 3 amide bonds. The van der Waals surface area contributed by atoms with Crippen LogP contribution >= 0.6 is 0 Å². The van der Waals surface area contributed by atoms with E-state index >= 15 is 0 Å². The predicted molar refractivity (Wildman–Crippen MR) is 123 cm³/mol. The van der Waals surface area contributed by atoms with Gasteiger partial charge in [-0.15, -0.1) is 0 Å². The Hall–Kier alpha value is -3.35. The number of rotatable bonds is 5. The molecule has 1 atom stereocenters. The molecule has 2 heterocycles. The van der Waals surface area contributed by atoms with Crippen LogP contribution < -0.4 is 15.0 Å². The van der Waals surface area contributed by atoms with E-state index in [0.717, 1.165) is 30.5 Å². The van der Waals surface area contributed by atoms with Gasteiger partial charge < -0.3 is 19.9 Å². The number of nitrogens with zero attached hydrogens (tertiary/aromatic N) is 2. The molecule has 0 spiro atoms. The van der Waals surface area contributed by atoms with E-state index in [9.17, 15) is 14.4 Å². The third-order valence-electron chi connectivity index (χ3n) is 6.19. The number of nitrogens with one attached hydrogen (secondary N) is 1. The van der Waals surface area contributed by atoms with Crippen LogP contribution in [0.1, 0.15) is 41.6 Å². The van der Waals surface area contributed by atoms with E-state index in [-0.39, 0.29) is 23.6 Å². The maximum atomic E-state index is 13.0. The van der Waals surface area contributed by atoms with Gasteiger partial charge in [0, 0.05) is 43.4 Å². The van der Waals surface area contributed by atoms with Gasteiger partial charge >= 0.3 is 0 Å². The van der Waals surface area contributed by atoms with E-state index in [4.69, 9.17) is 4.74 Å². The summed E-state index contributed by atoms with van der Waals surface area (Å²) >= 11 is 0. The van der Waals surface area contributed by atoms with Gasteiger partial charge in [-0.2, -0.15) is 0 Å². The first-order valence-corrected chi connectivity index (χ1v) is 11.1. The van der Waals surface area contributed by atoms with Crippen molar-refractivity contribution in [1.82, 2.24) is 4.90 Å². The molecule has 1 N–H and O–H groups in total. The summed E-state index contributed by atoms with van der Waals surface area (Å²) in [4.78, 5) is 41.4. The van der Waals surface area contributed by atoms with Gasteiger partial charge in [-0.3, -0.25) is 14.4 Å². The fourth-order valence-corrected chi connectivity index (χ4v) is 4.38. The fourth-order valence-electron chi connectivity index (χ4n) is 4.38. The summed E-state index contributed by atoms with van der Waals surface area (Å²) < 4.78 is 5.48. The molecule has 0 aliphatic carbocycles. The quantitative estimate of drug-likeness (QED) is 0.778. The highest BCUT2D eigenvalue weighted by molar-refractivity contribution is 5.99. The number of piperidine rings is 1. The number of methoxy groups -OCH3 is 1. The smallest absolute Gasteiger partial charge is 0.253 e. The van der Waals surface area contributed by atoms with Crippen molar-refractivity contribution in [1.29, 1.82) is 0 Å². The van der Waals surface area contributed by atoms with Crippen molar-refractivity contribution in [3.8, 4) is 5.75 Å². The van der Waals surface area contributed by atoms with Crippen LogP contribution in [0, 0.1) is 12.8 Å². The molecular weight excluding hydrogens is 406 g/mol. The molecule has 168 valence electrons. The molecule has 0 saturated carbocycles. The lowest BCUT2D eigenvalue weighted by molar-refractivity contribution is -0.121. The highest BCUT2D eigenvalue weighted by Gasteiger charge is 2.29. The van der Waals surface area contributed by atoms with Crippen LogP contribution in [-0.2, 0) is 9.59 Å². The Morgan fingerprint density at radius 3 is 2.53 bits per heavy atom. The summed E-state index contributed by atoms with van der Waals surface area (Å²) in [5.41, 5.74) is 3.09. The number of amides is 3. The van der Waals surface area contributed by atoms with Gasteiger partial charge in [0.1, 0.15) is 5.75 Å². The van der Waals surface area contributed by atoms with Crippen molar-refractivity contribution in [3.05, 3.63) is 53.6 Å².